The number of aryl methyl sites for hydroxylation is 3. The molecular formula is C16H17Br2NOTi. The Hall–Kier alpha value is -0.416. The Bertz CT molecular complexity index is 626. The van der Waals surface area contributed by atoms with Crippen molar-refractivity contribution in [1.29, 1.82) is 0 Å². The predicted octanol–water partition coefficient (Wildman–Crippen LogP) is 5.76. The standard InChI is InChI=1S/C16H17NO.2BrH.Ti/c1-11-7-8-12(2)15(9-11)17-10-14-6-4-5-13(3)16(14)18;;;/h4-10,18H,1-3H3;2*1H;/q;;;+2/p-2. The van der Waals surface area contributed by atoms with E-state index < -0.39 is 0 Å². The van der Waals surface area contributed by atoms with Gasteiger partial charge in [0.2, 0.25) is 0 Å². The molecule has 0 radical (unpaired) electrons. The van der Waals surface area contributed by atoms with Gasteiger partial charge in [-0.2, -0.15) is 0 Å². The average Bonchev–Trinajstić information content (AvgIpc) is 2.45. The zero-order valence-electron chi connectivity index (χ0n) is 12.2. The molecule has 0 aliphatic heterocycles. The van der Waals surface area contributed by atoms with Crippen molar-refractivity contribution in [3.63, 3.8) is 0 Å². The van der Waals surface area contributed by atoms with E-state index >= 15 is 0 Å². The molecule has 5 heteroatoms. The van der Waals surface area contributed by atoms with Crippen molar-refractivity contribution >= 4 is 38.2 Å². The normalized spacial score (nSPS) is 10.1. The molecule has 2 aromatic rings. The third-order valence-electron chi connectivity index (χ3n) is 2.98. The third-order valence-corrected chi connectivity index (χ3v) is 2.98. The van der Waals surface area contributed by atoms with Crippen molar-refractivity contribution in [2.45, 2.75) is 20.8 Å². The molecular weight excluding hydrogens is 430 g/mol. The van der Waals surface area contributed by atoms with Crippen molar-refractivity contribution in [2.24, 2.45) is 4.99 Å². The van der Waals surface area contributed by atoms with E-state index in [0.717, 1.165) is 22.4 Å². The number of halogens is 2. The second-order valence-corrected chi connectivity index (χ2v) is 12.5. The molecule has 0 spiro atoms. The van der Waals surface area contributed by atoms with Gasteiger partial charge in [0.25, 0.3) is 0 Å². The van der Waals surface area contributed by atoms with Crippen LogP contribution in [0.15, 0.2) is 41.4 Å². The van der Waals surface area contributed by atoms with E-state index in [1.54, 1.807) is 6.21 Å². The van der Waals surface area contributed by atoms with Gasteiger partial charge in [0.05, 0.1) is 5.69 Å². The quantitative estimate of drug-likeness (QED) is 0.462. The summed E-state index contributed by atoms with van der Waals surface area (Å²) in [6.45, 7) is 5.95. The van der Waals surface area contributed by atoms with Crippen LogP contribution >= 0.6 is 26.3 Å². The van der Waals surface area contributed by atoms with Gasteiger partial charge < -0.3 is 5.11 Å². The molecule has 0 heterocycles. The van der Waals surface area contributed by atoms with Crippen LogP contribution in [-0.2, 0) is 15.0 Å². The van der Waals surface area contributed by atoms with Gasteiger partial charge in [-0.15, -0.1) is 0 Å². The molecule has 0 aromatic heterocycles. The molecule has 0 aliphatic rings. The van der Waals surface area contributed by atoms with Gasteiger partial charge in [-0.05, 0) is 49.6 Å². The van der Waals surface area contributed by atoms with Crippen LogP contribution in [0.25, 0.3) is 0 Å². The van der Waals surface area contributed by atoms with Crippen LogP contribution in [0.2, 0.25) is 0 Å². The Labute approximate surface area is 147 Å². The van der Waals surface area contributed by atoms with Crippen LogP contribution < -0.4 is 0 Å². The Kier molecular flexibility index (Phi) is 8.49. The van der Waals surface area contributed by atoms with Gasteiger partial charge in [0.15, 0.2) is 0 Å². The molecule has 0 amide bonds. The number of phenolic OH excluding ortho intramolecular Hbond substituents is 1. The number of hydrogen-bond donors (Lipinski definition) is 1. The van der Waals surface area contributed by atoms with E-state index in [2.05, 4.69) is 43.4 Å². The van der Waals surface area contributed by atoms with Gasteiger partial charge in [-0.3, -0.25) is 4.99 Å². The number of hydrogen-bond acceptors (Lipinski definition) is 2. The van der Waals surface area contributed by atoms with Gasteiger partial charge in [-0.25, -0.2) is 0 Å². The average molecular weight is 447 g/mol. The van der Waals surface area contributed by atoms with E-state index in [1.165, 1.54) is 5.56 Å². The van der Waals surface area contributed by atoms with Gasteiger partial charge in [0, 0.05) is 11.8 Å². The number of rotatable bonds is 2. The summed E-state index contributed by atoms with van der Waals surface area (Å²) in [6, 6.07) is 11.8. The fourth-order valence-electron chi connectivity index (χ4n) is 1.78. The maximum absolute atomic E-state index is 9.91. The first-order valence-electron chi connectivity index (χ1n) is 6.35. The fraction of sp³-hybridized carbons (Fsp3) is 0.188. The van der Waals surface area contributed by atoms with Crippen LogP contribution in [-0.4, -0.2) is 11.3 Å². The molecule has 2 rings (SSSR count). The van der Waals surface area contributed by atoms with E-state index in [-0.39, 0.29) is 15.0 Å². The molecule has 2 aromatic carbocycles. The Morgan fingerprint density at radius 3 is 2.38 bits per heavy atom. The van der Waals surface area contributed by atoms with Crippen LogP contribution in [0.1, 0.15) is 22.3 Å². The number of nitrogens with zero attached hydrogens (tertiary/aromatic N) is 1. The van der Waals surface area contributed by atoms with Gasteiger partial charge >= 0.3 is 41.3 Å². The molecule has 0 saturated heterocycles. The Morgan fingerprint density at radius 1 is 1.05 bits per heavy atom. The topological polar surface area (TPSA) is 32.6 Å². The summed E-state index contributed by atoms with van der Waals surface area (Å²) in [4.78, 5) is 4.45. The Balaban J connectivity index is 0.000000677. The first-order valence-corrected chi connectivity index (χ1v) is 14.1. The van der Waals surface area contributed by atoms with Crippen LogP contribution in [0, 0.1) is 20.8 Å². The van der Waals surface area contributed by atoms with Crippen molar-refractivity contribution in [2.75, 3.05) is 0 Å². The van der Waals surface area contributed by atoms with Gasteiger partial charge in [0.1, 0.15) is 5.75 Å². The molecule has 21 heavy (non-hydrogen) atoms. The van der Waals surface area contributed by atoms with E-state index in [0.29, 0.717) is 5.75 Å². The van der Waals surface area contributed by atoms with Crippen molar-refractivity contribution < 1.29 is 20.1 Å². The molecule has 110 valence electrons. The number of aromatic hydroxyl groups is 1. The summed E-state index contributed by atoms with van der Waals surface area (Å²) in [7, 11) is 0. The maximum atomic E-state index is 9.91. The minimum atomic E-state index is 0.125. The molecule has 0 aliphatic carbocycles. The second-order valence-electron chi connectivity index (χ2n) is 4.63. The van der Waals surface area contributed by atoms with E-state index in [1.807, 2.05) is 45.0 Å². The molecule has 0 unspecified atom stereocenters. The molecule has 2 nitrogen and oxygen atoms in total. The monoisotopic (exact) mass is 445 g/mol. The number of para-hydroxylation sites is 1. The Morgan fingerprint density at radius 2 is 1.71 bits per heavy atom. The predicted molar refractivity (Wildman–Crippen MR) is 93.9 cm³/mol. The SMILES string of the molecule is Cc1ccc(C)c(N=Cc2cccc(C)c2O)c1.[Br][Ti][Br]. The fourth-order valence-corrected chi connectivity index (χ4v) is 1.78. The summed E-state index contributed by atoms with van der Waals surface area (Å²) in [5, 5.41) is 9.91. The second kappa shape index (κ2) is 9.57. The summed E-state index contributed by atoms with van der Waals surface area (Å²) < 4.78 is 0. The summed E-state index contributed by atoms with van der Waals surface area (Å²) in [5.41, 5.74) is 4.86. The zero-order valence-corrected chi connectivity index (χ0v) is 16.9. The van der Waals surface area contributed by atoms with Crippen LogP contribution in [0.3, 0.4) is 0 Å². The van der Waals surface area contributed by atoms with Crippen LogP contribution in [0.5, 0.6) is 5.75 Å². The number of aliphatic imine (C=N–C) groups is 1. The third kappa shape index (κ3) is 6.07. The molecule has 1 N–H and O–H groups in total. The minimum absolute atomic E-state index is 0.125. The van der Waals surface area contributed by atoms with Crippen LogP contribution in [0.4, 0.5) is 5.69 Å². The van der Waals surface area contributed by atoms with Crippen molar-refractivity contribution in [3.05, 3.63) is 58.7 Å². The van der Waals surface area contributed by atoms with E-state index in [9.17, 15) is 5.11 Å². The molecule has 0 saturated carbocycles. The van der Waals surface area contributed by atoms with Gasteiger partial charge in [-0.1, -0.05) is 24.3 Å². The molecule has 0 fully saturated rings. The first-order chi connectivity index (χ1) is 9.99. The summed E-state index contributed by atoms with van der Waals surface area (Å²) in [6.07, 6.45) is 1.71. The summed E-state index contributed by atoms with van der Waals surface area (Å²) in [5.74, 6) is 0.298. The number of phenols is 1. The summed E-state index contributed by atoms with van der Waals surface area (Å²) >= 11 is 6.50. The first kappa shape index (κ1) is 18.6. The zero-order chi connectivity index (χ0) is 15.8. The van der Waals surface area contributed by atoms with E-state index in [4.69, 9.17) is 0 Å². The molecule has 0 atom stereocenters. The van der Waals surface area contributed by atoms with Crippen molar-refractivity contribution in [1.82, 2.24) is 0 Å². The molecule has 0 bridgehead atoms. The van der Waals surface area contributed by atoms with Crippen molar-refractivity contribution in [3.8, 4) is 5.75 Å². The number of benzene rings is 2.